The second kappa shape index (κ2) is 3.28. The molecule has 10 heavy (non-hydrogen) atoms. The highest BCUT2D eigenvalue weighted by molar-refractivity contribution is 7.07. The van der Waals surface area contributed by atoms with E-state index in [9.17, 15) is 4.79 Å². The van der Waals surface area contributed by atoms with Gasteiger partial charge in [0.05, 0.1) is 17.6 Å². The molecule has 0 unspecified atom stereocenters. The number of hydroxylamine groups is 1. The second-order valence-electron chi connectivity index (χ2n) is 1.69. The summed E-state index contributed by atoms with van der Waals surface area (Å²) in [6.07, 6.45) is 0.139. The van der Waals surface area contributed by atoms with Gasteiger partial charge in [0, 0.05) is 5.38 Å². The molecule has 4 nitrogen and oxygen atoms in total. The van der Waals surface area contributed by atoms with Crippen LogP contribution in [-0.4, -0.2) is 16.1 Å². The summed E-state index contributed by atoms with van der Waals surface area (Å²) in [4.78, 5) is 14.3. The van der Waals surface area contributed by atoms with Gasteiger partial charge < -0.3 is 0 Å². The quantitative estimate of drug-likeness (QED) is 0.477. The Kier molecular flexibility index (Phi) is 2.35. The number of nitrogens with one attached hydrogen (secondary N) is 1. The fourth-order valence-electron chi connectivity index (χ4n) is 0.529. The van der Waals surface area contributed by atoms with Crippen molar-refractivity contribution in [1.82, 2.24) is 10.5 Å². The number of thiazole rings is 1. The van der Waals surface area contributed by atoms with Crippen molar-refractivity contribution in [2.45, 2.75) is 6.42 Å². The Morgan fingerprint density at radius 1 is 1.90 bits per heavy atom. The number of hydrogen-bond acceptors (Lipinski definition) is 4. The van der Waals surface area contributed by atoms with Crippen molar-refractivity contribution < 1.29 is 10.0 Å². The SMILES string of the molecule is O=C(Cc1cscn1)NO. The van der Waals surface area contributed by atoms with Crippen molar-refractivity contribution in [3.8, 4) is 0 Å². The van der Waals surface area contributed by atoms with Gasteiger partial charge in [-0.15, -0.1) is 11.3 Å². The molecule has 1 aromatic rings. The van der Waals surface area contributed by atoms with Gasteiger partial charge in [-0.2, -0.15) is 0 Å². The zero-order chi connectivity index (χ0) is 7.40. The Bertz CT molecular complexity index is 209. The third kappa shape index (κ3) is 1.78. The monoisotopic (exact) mass is 158 g/mol. The van der Waals surface area contributed by atoms with Gasteiger partial charge in [0.15, 0.2) is 0 Å². The maximum Gasteiger partial charge on any atom is 0.249 e. The number of rotatable bonds is 2. The van der Waals surface area contributed by atoms with Gasteiger partial charge in [-0.3, -0.25) is 10.0 Å². The summed E-state index contributed by atoms with van der Waals surface area (Å²) in [5, 5.41) is 9.87. The minimum Gasteiger partial charge on any atom is -0.289 e. The lowest BCUT2D eigenvalue weighted by molar-refractivity contribution is -0.128. The molecule has 2 N–H and O–H groups in total. The van der Waals surface area contributed by atoms with E-state index in [1.54, 1.807) is 10.9 Å². The van der Waals surface area contributed by atoms with Crippen molar-refractivity contribution in [3.05, 3.63) is 16.6 Å². The first-order valence-corrected chi connectivity index (χ1v) is 3.57. The minimum absolute atomic E-state index is 0.139. The molecule has 5 heteroatoms. The van der Waals surface area contributed by atoms with Gasteiger partial charge in [0.1, 0.15) is 0 Å². The number of hydrogen-bond donors (Lipinski definition) is 2. The molecule has 0 fully saturated rings. The second-order valence-corrected chi connectivity index (χ2v) is 2.41. The van der Waals surface area contributed by atoms with Gasteiger partial charge in [0.2, 0.25) is 5.91 Å². The van der Waals surface area contributed by atoms with E-state index < -0.39 is 5.91 Å². The number of aromatic nitrogens is 1. The highest BCUT2D eigenvalue weighted by Crippen LogP contribution is 2.00. The molecule has 0 aliphatic carbocycles. The van der Waals surface area contributed by atoms with Gasteiger partial charge in [0.25, 0.3) is 0 Å². The summed E-state index contributed by atoms with van der Waals surface area (Å²) < 4.78 is 0. The third-order valence-electron chi connectivity index (χ3n) is 0.950. The van der Waals surface area contributed by atoms with Crippen LogP contribution in [0.2, 0.25) is 0 Å². The summed E-state index contributed by atoms with van der Waals surface area (Å²) in [7, 11) is 0. The van der Waals surface area contributed by atoms with Crippen molar-refractivity contribution in [2.24, 2.45) is 0 Å². The standard InChI is InChI=1S/C5H6N2O2S/c8-5(7-9)1-4-2-10-3-6-4/h2-3,9H,1H2,(H,7,8). The van der Waals surface area contributed by atoms with Crippen LogP contribution in [0.15, 0.2) is 10.9 Å². The first kappa shape index (κ1) is 7.17. The Labute approximate surface area is 61.5 Å². The molecule has 0 radical (unpaired) electrons. The molecule has 1 heterocycles. The highest BCUT2D eigenvalue weighted by Gasteiger charge is 2.01. The maximum atomic E-state index is 10.5. The van der Waals surface area contributed by atoms with E-state index in [1.165, 1.54) is 16.8 Å². The lowest BCUT2D eigenvalue weighted by atomic mass is 10.3. The molecule has 0 spiro atoms. The van der Waals surface area contributed by atoms with Crippen LogP contribution in [-0.2, 0) is 11.2 Å². The van der Waals surface area contributed by atoms with Crippen LogP contribution in [0.4, 0.5) is 0 Å². The van der Waals surface area contributed by atoms with E-state index in [-0.39, 0.29) is 6.42 Å². The first-order valence-electron chi connectivity index (χ1n) is 2.63. The summed E-state index contributed by atoms with van der Waals surface area (Å²) in [5.74, 6) is -0.439. The van der Waals surface area contributed by atoms with E-state index in [0.29, 0.717) is 5.69 Å². The molecule has 0 aromatic carbocycles. The zero-order valence-corrected chi connectivity index (χ0v) is 5.89. The van der Waals surface area contributed by atoms with Crippen LogP contribution in [0.5, 0.6) is 0 Å². The normalized spacial score (nSPS) is 9.30. The average molecular weight is 158 g/mol. The third-order valence-corrected chi connectivity index (χ3v) is 1.59. The first-order chi connectivity index (χ1) is 4.83. The van der Waals surface area contributed by atoms with Crippen molar-refractivity contribution in [3.63, 3.8) is 0 Å². The van der Waals surface area contributed by atoms with Crippen LogP contribution >= 0.6 is 11.3 Å². The minimum atomic E-state index is -0.439. The molecule has 0 saturated carbocycles. The van der Waals surface area contributed by atoms with E-state index in [4.69, 9.17) is 5.21 Å². The smallest absolute Gasteiger partial charge is 0.249 e. The molecule has 1 rings (SSSR count). The summed E-state index contributed by atoms with van der Waals surface area (Å²) in [6, 6.07) is 0. The van der Waals surface area contributed by atoms with E-state index in [0.717, 1.165) is 0 Å². The molecule has 0 atom stereocenters. The van der Waals surface area contributed by atoms with Crippen molar-refractivity contribution in [1.29, 1.82) is 0 Å². The summed E-state index contributed by atoms with van der Waals surface area (Å²) >= 11 is 1.42. The van der Waals surface area contributed by atoms with E-state index >= 15 is 0 Å². The molecular weight excluding hydrogens is 152 g/mol. The van der Waals surface area contributed by atoms with Gasteiger partial charge in [-0.05, 0) is 0 Å². The maximum absolute atomic E-state index is 10.5. The molecule has 54 valence electrons. The van der Waals surface area contributed by atoms with Crippen LogP contribution in [0.1, 0.15) is 5.69 Å². The molecular formula is C5H6N2O2S. The highest BCUT2D eigenvalue weighted by atomic mass is 32.1. The van der Waals surface area contributed by atoms with Gasteiger partial charge in [-0.25, -0.2) is 10.5 Å². The number of nitrogens with zero attached hydrogens (tertiary/aromatic N) is 1. The van der Waals surface area contributed by atoms with Crippen LogP contribution < -0.4 is 5.48 Å². The largest absolute Gasteiger partial charge is 0.289 e. The van der Waals surface area contributed by atoms with Gasteiger partial charge in [-0.1, -0.05) is 0 Å². The molecule has 1 aromatic heterocycles. The number of carbonyl (C=O) groups excluding carboxylic acids is 1. The number of carbonyl (C=O) groups is 1. The van der Waals surface area contributed by atoms with Crippen LogP contribution in [0.3, 0.4) is 0 Å². The van der Waals surface area contributed by atoms with Crippen LogP contribution in [0.25, 0.3) is 0 Å². The lowest BCUT2D eigenvalue weighted by Gasteiger charge is -1.91. The predicted molar refractivity (Wildman–Crippen MR) is 35.7 cm³/mol. The van der Waals surface area contributed by atoms with Crippen molar-refractivity contribution in [2.75, 3.05) is 0 Å². The fourth-order valence-corrected chi connectivity index (χ4v) is 1.09. The Hall–Kier alpha value is -0.940. The molecule has 0 bridgehead atoms. The fraction of sp³-hybridized carbons (Fsp3) is 0.200. The lowest BCUT2D eigenvalue weighted by Crippen LogP contribution is -2.20. The Morgan fingerprint density at radius 3 is 3.20 bits per heavy atom. The molecule has 0 aliphatic heterocycles. The van der Waals surface area contributed by atoms with Gasteiger partial charge >= 0.3 is 0 Å². The Morgan fingerprint density at radius 2 is 2.70 bits per heavy atom. The summed E-state index contributed by atoms with van der Waals surface area (Å²) in [5.41, 5.74) is 3.85. The predicted octanol–water partition coefficient (Wildman–Crippen LogP) is 0.191. The van der Waals surface area contributed by atoms with Crippen molar-refractivity contribution >= 4 is 17.2 Å². The molecule has 1 amide bonds. The van der Waals surface area contributed by atoms with E-state index in [1.807, 2.05) is 0 Å². The van der Waals surface area contributed by atoms with Crippen LogP contribution in [0, 0.1) is 0 Å². The molecule has 0 aliphatic rings. The van der Waals surface area contributed by atoms with E-state index in [2.05, 4.69) is 4.98 Å². The topological polar surface area (TPSA) is 62.2 Å². The average Bonchev–Trinajstić information content (AvgIpc) is 2.40. The summed E-state index contributed by atoms with van der Waals surface area (Å²) in [6.45, 7) is 0. The zero-order valence-electron chi connectivity index (χ0n) is 5.07. The molecule has 0 saturated heterocycles. The Balaban J connectivity index is 2.48. The number of amides is 1.